The Kier molecular flexibility index (Phi) is 5.14. The van der Waals surface area contributed by atoms with Crippen molar-refractivity contribution in [2.24, 2.45) is 5.92 Å². The van der Waals surface area contributed by atoms with Gasteiger partial charge in [-0.05, 0) is 24.8 Å². The highest BCUT2D eigenvalue weighted by Gasteiger charge is 2.46. The second kappa shape index (κ2) is 7.41. The molecule has 4 rings (SSSR count). The molecule has 2 N–H and O–H groups in total. The molecule has 2 amide bonds. The van der Waals surface area contributed by atoms with Crippen LogP contribution in [0.2, 0.25) is 5.02 Å². The Labute approximate surface area is 168 Å². The van der Waals surface area contributed by atoms with E-state index in [0.29, 0.717) is 31.8 Å². The van der Waals surface area contributed by atoms with Crippen LogP contribution in [0.4, 0.5) is 0 Å². The van der Waals surface area contributed by atoms with E-state index in [4.69, 9.17) is 11.6 Å². The number of amides is 2. The summed E-state index contributed by atoms with van der Waals surface area (Å²) in [5.74, 6) is 0.393. The molecular formula is C20H24ClN3O2S. The van der Waals surface area contributed by atoms with Crippen molar-refractivity contribution in [3.05, 3.63) is 34.2 Å². The average Bonchev–Trinajstić information content (AvgIpc) is 3.20. The van der Waals surface area contributed by atoms with Crippen LogP contribution in [-0.2, 0) is 16.1 Å². The summed E-state index contributed by atoms with van der Waals surface area (Å²) in [6, 6.07) is 7.47. The maximum atomic E-state index is 12.7. The molecule has 0 radical (unpaired) electrons. The Hall–Kier alpha value is -1.63. The lowest BCUT2D eigenvalue weighted by Gasteiger charge is -2.35. The minimum atomic E-state index is -0.385. The van der Waals surface area contributed by atoms with E-state index in [-0.39, 0.29) is 29.9 Å². The van der Waals surface area contributed by atoms with Crippen molar-refractivity contribution in [1.29, 1.82) is 0 Å². The highest BCUT2D eigenvalue weighted by molar-refractivity contribution is 7.19. The largest absolute Gasteiger partial charge is 0.342 e. The second-order valence-corrected chi connectivity index (χ2v) is 9.36. The van der Waals surface area contributed by atoms with Crippen LogP contribution in [0.15, 0.2) is 24.3 Å². The molecule has 3 atom stereocenters. The van der Waals surface area contributed by atoms with E-state index in [1.807, 2.05) is 18.2 Å². The van der Waals surface area contributed by atoms with E-state index in [1.165, 1.54) is 4.70 Å². The van der Waals surface area contributed by atoms with Gasteiger partial charge in [0.05, 0.1) is 5.02 Å². The summed E-state index contributed by atoms with van der Waals surface area (Å²) in [5.41, 5.74) is 0. The van der Waals surface area contributed by atoms with Crippen LogP contribution in [-0.4, -0.2) is 41.4 Å². The fourth-order valence-corrected chi connectivity index (χ4v) is 5.50. The van der Waals surface area contributed by atoms with E-state index < -0.39 is 0 Å². The smallest absolute Gasteiger partial charge is 0.245 e. The van der Waals surface area contributed by atoms with Crippen molar-refractivity contribution in [3.63, 3.8) is 0 Å². The monoisotopic (exact) mass is 405 g/mol. The molecule has 2 saturated heterocycles. The SMILES string of the molecule is CC(C)C[C@H]1NC(=O)[C@@H]2C[C@H](NCc3sc4ccccc4c3Cl)CN2C1=O. The van der Waals surface area contributed by atoms with E-state index >= 15 is 0 Å². The standard InChI is InChI=1S/C20H24ClN3O2S/c1-11(2)7-14-20(26)24-10-12(8-15(24)19(25)23-14)22-9-17-18(21)13-5-3-4-6-16(13)27-17/h3-6,11-12,14-15,22H,7-10H2,1-2H3,(H,23,25)/t12-,14+,15-/m0/s1. The quantitative estimate of drug-likeness (QED) is 0.803. The minimum absolute atomic E-state index is 0.0237. The van der Waals surface area contributed by atoms with Gasteiger partial charge in [0.15, 0.2) is 0 Å². The van der Waals surface area contributed by atoms with Gasteiger partial charge in [0.25, 0.3) is 0 Å². The Morgan fingerprint density at radius 1 is 1.33 bits per heavy atom. The van der Waals surface area contributed by atoms with Crippen molar-refractivity contribution >= 4 is 44.8 Å². The third-order valence-electron chi connectivity index (χ3n) is 5.36. The fourth-order valence-electron chi connectivity index (χ4n) is 4.05. The first-order chi connectivity index (χ1) is 12.9. The Morgan fingerprint density at radius 3 is 2.85 bits per heavy atom. The van der Waals surface area contributed by atoms with Crippen LogP contribution in [0.5, 0.6) is 0 Å². The number of nitrogens with zero attached hydrogens (tertiary/aromatic N) is 1. The Morgan fingerprint density at radius 2 is 2.11 bits per heavy atom. The number of carbonyl (C=O) groups excluding carboxylic acids is 2. The molecule has 7 heteroatoms. The number of piperazine rings is 1. The number of fused-ring (bicyclic) bond motifs is 2. The van der Waals surface area contributed by atoms with Crippen LogP contribution < -0.4 is 10.6 Å². The number of benzene rings is 1. The fraction of sp³-hybridized carbons (Fsp3) is 0.500. The lowest BCUT2D eigenvalue weighted by atomic mass is 9.99. The van der Waals surface area contributed by atoms with Crippen molar-refractivity contribution in [1.82, 2.24) is 15.5 Å². The molecule has 0 bridgehead atoms. The first-order valence-corrected chi connectivity index (χ1v) is 10.6. The Bertz CT molecular complexity index is 881. The van der Waals surface area contributed by atoms with Gasteiger partial charge in [-0.2, -0.15) is 0 Å². The first-order valence-electron chi connectivity index (χ1n) is 9.44. The van der Waals surface area contributed by atoms with Gasteiger partial charge >= 0.3 is 0 Å². The van der Waals surface area contributed by atoms with E-state index in [9.17, 15) is 9.59 Å². The summed E-state index contributed by atoms with van der Waals surface area (Å²) in [6.07, 6.45) is 1.33. The number of halogens is 1. The van der Waals surface area contributed by atoms with Crippen molar-refractivity contribution in [2.75, 3.05) is 6.54 Å². The lowest BCUT2D eigenvalue weighted by molar-refractivity contribution is -0.147. The highest BCUT2D eigenvalue weighted by Crippen LogP contribution is 2.35. The minimum Gasteiger partial charge on any atom is -0.342 e. The maximum absolute atomic E-state index is 12.7. The maximum Gasteiger partial charge on any atom is 0.245 e. The molecule has 0 aliphatic carbocycles. The number of carbonyl (C=O) groups is 2. The van der Waals surface area contributed by atoms with Crippen LogP contribution >= 0.6 is 22.9 Å². The Balaban J connectivity index is 1.42. The second-order valence-electron chi connectivity index (χ2n) is 7.85. The summed E-state index contributed by atoms with van der Waals surface area (Å²) >= 11 is 8.21. The molecule has 144 valence electrons. The van der Waals surface area contributed by atoms with Gasteiger partial charge in [0, 0.05) is 34.1 Å². The topological polar surface area (TPSA) is 61.4 Å². The first kappa shape index (κ1) is 18.7. The third kappa shape index (κ3) is 3.58. The molecule has 0 unspecified atom stereocenters. The zero-order valence-corrected chi connectivity index (χ0v) is 17.1. The number of rotatable bonds is 5. The molecule has 2 aliphatic rings. The predicted octanol–water partition coefficient (Wildman–Crippen LogP) is 3.16. The van der Waals surface area contributed by atoms with Gasteiger partial charge in [0.1, 0.15) is 12.1 Å². The zero-order valence-electron chi connectivity index (χ0n) is 15.5. The molecule has 1 aromatic heterocycles. The summed E-state index contributed by atoms with van der Waals surface area (Å²) in [5, 5.41) is 8.29. The summed E-state index contributed by atoms with van der Waals surface area (Å²) in [4.78, 5) is 28.1. The molecule has 2 fully saturated rings. The molecule has 2 aliphatic heterocycles. The van der Waals surface area contributed by atoms with E-state index in [1.54, 1.807) is 16.2 Å². The van der Waals surface area contributed by atoms with Crippen LogP contribution in [0, 0.1) is 5.92 Å². The molecule has 3 heterocycles. The molecule has 0 spiro atoms. The summed E-state index contributed by atoms with van der Waals surface area (Å²) in [6.45, 7) is 5.35. The van der Waals surface area contributed by atoms with Gasteiger partial charge in [-0.15, -0.1) is 11.3 Å². The molecule has 0 saturated carbocycles. The zero-order chi connectivity index (χ0) is 19.1. The number of hydrogen-bond donors (Lipinski definition) is 2. The van der Waals surface area contributed by atoms with Crippen molar-refractivity contribution in [3.8, 4) is 0 Å². The van der Waals surface area contributed by atoms with Gasteiger partial charge in [-0.3, -0.25) is 9.59 Å². The van der Waals surface area contributed by atoms with Gasteiger partial charge < -0.3 is 15.5 Å². The van der Waals surface area contributed by atoms with Crippen LogP contribution in [0.1, 0.15) is 31.6 Å². The third-order valence-corrected chi connectivity index (χ3v) is 7.08. The molecule has 2 aromatic rings. The number of thiophene rings is 1. The van der Waals surface area contributed by atoms with Crippen molar-refractivity contribution < 1.29 is 9.59 Å². The highest BCUT2D eigenvalue weighted by atomic mass is 35.5. The molecule has 1 aromatic carbocycles. The average molecular weight is 406 g/mol. The summed E-state index contributed by atoms with van der Waals surface area (Å²) < 4.78 is 1.18. The number of nitrogens with one attached hydrogen (secondary N) is 2. The van der Waals surface area contributed by atoms with E-state index in [0.717, 1.165) is 15.3 Å². The van der Waals surface area contributed by atoms with Crippen LogP contribution in [0.3, 0.4) is 0 Å². The molecule has 27 heavy (non-hydrogen) atoms. The summed E-state index contributed by atoms with van der Waals surface area (Å²) in [7, 11) is 0. The van der Waals surface area contributed by atoms with Gasteiger partial charge in [-0.1, -0.05) is 43.6 Å². The van der Waals surface area contributed by atoms with Gasteiger partial charge in [-0.25, -0.2) is 0 Å². The van der Waals surface area contributed by atoms with Gasteiger partial charge in [0.2, 0.25) is 11.8 Å². The molecular weight excluding hydrogens is 382 g/mol. The van der Waals surface area contributed by atoms with E-state index in [2.05, 4.69) is 30.5 Å². The lowest BCUT2D eigenvalue weighted by Crippen LogP contribution is -2.61. The van der Waals surface area contributed by atoms with Crippen LogP contribution in [0.25, 0.3) is 10.1 Å². The predicted molar refractivity (Wildman–Crippen MR) is 109 cm³/mol. The molecule has 5 nitrogen and oxygen atoms in total. The normalized spacial score (nSPS) is 25.3. The number of hydrogen-bond acceptors (Lipinski definition) is 4. The van der Waals surface area contributed by atoms with Crippen molar-refractivity contribution in [2.45, 2.75) is 51.4 Å².